The van der Waals surface area contributed by atoms with Gasteiger partial charge in [0.15, 0.2) is 5.96 Å². The summed E-state index contributed by atoms with van der Waals surface area (Å²) in [6.07, 6.45) is 11.2. The van der Waals surface area contributed by atoms with Crippen LogP contribution in [0.2, 0.25) is 0 Å². The molecule has 2 saturated carbocycles. The van der Waals surface area contributed by atoms with E-state index in [1.54, 1.807) is 0 Å². The molecule has 0 amide bonds. The molecule has 6 nitrogen and oxygen atoms in total. The van der Waals surface area contributed by atoms with E-state index in [0.717, 1.165) is 44.3 Å². The number of ether oxygens (including phenoxy) is 1. The Kier molecular flexibility index (Phi) is 5.14. The minimum Gasteiger partial charge on any atom is -0.377 e. The van der Waals surface area contributed by atoms with Crippen molar-refractivity contribution >= 4 is 11.8 Å². The number of guanidine groups is 1. The van der Waals surface area contributed by atoms with E-state index in [1.165, 1.54) is 37.7 Å². The molecule has 2 aliphatic heterocycles. The van der Waals surface area contributed by atoms with Crippen LogP contribution in [-0.2, 0) is 4.74 Å². The molecule has 3 atom stereocenters. The highest BCUT2D eigenvalue weighted by atomic mass is 16.5. The summed E-state index contributed by atoms with van der Waals surface area (Å²) in [7, 11) is 1.91. The summed E-state index contributed by atoms with van der Waals surface area (Å²) in [5.41, 5.74) is 1.57. The Morgan fingerprint density at radius 3 is 2.66 bits per heavy atom. The number of nitrogens with one attached hydrogen (secondary N) is 2. The quantitative estimate of drug-likeness (QED) is 0.607. The molecule has 158 valence electrons. The van der Waals surface area contributed by atoms with Crippen LogP contribution in [-0.4, -0.2) is 55.9 Å². The minimum atomic E-state index is 0.360. The van der Waals surface area contributed by atoms with Crippen LogP contribution in [0, 0.1) is 18.3 Å². The van der Waals surface area contributed by atoms with E-state index in [1.807, 2.05) is 13.2 Å². The summed E-state index contributed by atoms with van der Waals surface area (Å²) in [5, 5.41) is 7.56. The number of aliphatic imine (C=N–C) groups is 1. The van der Waals surface area contributed by atoms with Crippen LogP contribution in [0.1, 0.15) is 50.5 Å². The van der Waals surface area contributed by atoms with E-state index in [9.17, 15) is 0 Å². The zero-order valence-electron chi connectivity index (χ0n) is 17.9. The first-order valence-electron chi connectivity index (χ1n) is 11.5. The third-order valence-corrected chi connectivity index (χ3v) is 7.86. The minimum absolute atomic E-state index is 0.360. The van der Waals surface area contributed by atoms with Crippen molar-refractivity contribution in [2.24, 2.45) is 16.3 Å². The summed E-state index contributed by atoms with van der Waals surface area (Å²) in [5.74, 6) is 2.75. The standard InChI is InChI=1S/C23H35N5O/c1-16-5-6-19(25-15-16)28-12-7-17(8-13-28)26-22(24-2)27-20-18-9-14-29-21(18)23(20)10-3-4-11-23/h5-6,15,17-18,20-21H,3-4,7-14H2,1-2H3,(H2,24,26,27). The van der Waals surface area contributed by atoms with Gasteiger partial charge >= 0.3 is 0 Å². The fraction of sp³-hybridized carbons (Fsp3) is 0.739. The van der Waals surface area contributed by atoms with Crippen molar-refractivity contribution in [2.45, 2.75) is 70.1 Å². The second-order valence-electron chi connectivity index (χ2n) is 9.48. The van der Waals surface area contributed by atoms with E-state index in [4.69, 9.17) is 4.74 Å². The average Bonchev–Trinajstić information content (AvgIpc) is 3.41. The first kappa shape index (κ1) is 19.2. The van der Waals surface area contributed by atoms with Crippen molar-refractivity contribution in [2.75, 3.05) is 31.6 Å². The predicted molar refractivity (Wildman–Crippen MR) is 116 cm³/mol. The molecule has 3 unspecified atom stereocenters. The number of nitrogens with zero attached hydrogens (tertiary/aromatic N) is 3. The maximum absolute atomic E-state index is 6.13. The molecule has 2 aliphatic carbocycles. The number of piperidine rings is 1. The highest BCUT2D eigenvalue weighted by Gasteiger charge is 2.65. The van der Waals surface area contributed by atoms with Crippen molar-refractivity contribution in [3.63, 3.8) is 0 Å². The molecule has 6 heteroatoms. The molecule has 3 heterocycles. The Labute approximate surface area is 174 Å². The van der Waals surface area contributed by atoms with Crippen LogP contribution in [0.4, 0.5) is 5.82 Å². The average molecular weight is 398 g/mol. The zero-order chi connectivity index (χ0) is 19.8. The molecule has 4 fully saturated rings. The van der Waals surface area contributed by atoms with Gasteiger partial charge in [-0.15, -0.1) is 0 Å². The van der Waals surface area contributed by atoms with E-state index in [-0.39, 0.29) is 0 Å². The number of aromatic nitrogens is 1. The van der Waals surface area contributed by atoms with Crippen LogP contribution >= 0.6 is 0 Å². The fourth-order valence-corrected chi connectivity index (χ4v) is 6.32. The molecular formula is C23H35N5O. The lowest BCUT2D eigenvalue weighted by Crippen LogP contribution is -2.69. The van der Waals surface area contributed by atoms with Crippen LogP contribution in [0.3, 0.4) is 0 Å². The number of aryl methyl sites for hydroxylation is 1. The van der Waals surface area contributed by atoms with Gasteiger partial charge in [-0.05, 0) is 50.7 Å². The summed E-state index contributed by atoms with van der Waals surface area (Å²) in [4.78, 5) is 11.6. The maximum atomic E-state index is 6.13. The monoisotopic (exact) mass is 397 g/mol. The molecule has 1 aromatic rings. The second-order valence-corrected chi connectivity index (χ2v) is 9.48. The fourth-order valence-electron chi connectivity index (χ4n) is 6.32. The number of rotatable bonds is 3. The van der Waals surface area contributed by atoms with Crippen LogP contribution in [0.5, 0.6) is 0 Å². The van der Waals surface area contributed by atoms with E-state index < -0.39 is 0 Å². The topological polar surface area (TPSA) is 61.8 Å². The van der Waals surface area contributed by atoms with Gasteiger partial charge in [0, 0.05) is 56.4 Å². The lowest BCUT2D eigenvalue weighted by Gasteiger charge is -2.57. The zero-order valence-corrected chi connectivity index (χ0v) is 17.9. The van der Waals surface area contributed by atoms with Crippen molar-refractivity contribution in [1.82, 2.24) is 15.6 Å². The first-order chi connectivity index (χ1) is 14.2. The molecule has 4 aliphatic rings. The lowest BCUT2D eigenvalue weighted by molar-refractivity contribution is -0.125. The normalized spacial score (nSPS) is 31.6. The molecule has 29 heavy (non-hydrogen) atoms. The van der Waals surface area contributed by atoms with Crippen LogP contribution < -0.4 is 15.5 Å². The van der Waals surface area contributed by atoms with Gasteiger partial charge in [-0.3, -0.25) is 4.99 Å². The molecule has 0 aromatic carbocycles. The highest BCUT2D eigenvalue weighted by Crippen LogP contribution is 2.60. The molecule has 0 radical (unpaired) electrons. The van der Waals surface area contributed by atoms with Crippen LogP contribution in [0.25, 0.3) is 0 Å². The summed E-state index contributed by atoms with van der Waals surface area (Å²) in [6, 6.07) is 5.29. The van der Waals surface area contributed by atoms with Crippen molar-refractivity contribution in [3.8, 4) is 0 Å². The van der Waals surface area contributed by atoms with Gasteiger partial charge in [-0.1, -0.05) is 18.9 Å². The molecule has 2 N–H and O–H groups in total. The third kappa shape index (κ3) is 3.39. The van der Waals surface area contributed by atoms with Crippen LogP contribution in [0.15, 0.2) is 23.3 Å². The van der Waals surface area contributed by atoms with Gasteiger partial charge in [0.25, 0.3) is 0 Å². The predicted octanol–water partition coefficient (Wildman–Crippen LogP) is 2.87. The van der Waals surface area contributed by atoms with Gasteiger partial charge < -0.3 is 20.3 Å². The van der Waals surface area contributed by atoms with E-state index in [2.05, 4.69) is 44.6 Å². The molecule has 1 spiro atoms. The Balaban J connectivity index is 1.17. The van der Waals surface area contributed by atoms with Gasteiger partial charge in [-0.2, -0.15) is 0 Å². The van der Waals surface area contributed by atoms with Crippen molar-refractivity contribution in [1.29, 1.82) is 0 Å². The highest BCUT2D eigenvalue weighted by molar-refractivity contribution is 5.80. The second kappa shape index (κ2) is 7.78. The van der Waals surface area contributed by atoms with Gasteiger partial charge in [-0.25, -0.2) is 4.98 Å². The summed E-state index contributed by atoms with van der Waals surface area (Å²) >= 11 is 0. The summed E-state index contributed by atoms with van der Waals surface area (Å²) < 4.78 is 6.13. The smallest absolute Gasteiger partial charge is 0.191 e. The lowest BCUT2D eigenvalue weighted by atomic mass is 9.54. The SMILES string of the molecule is CN=C(NC1CCN(c2ccc(C)cn2)CC1)NC1C2CCOC2C12CCCC2. The Bertz CT molecular complexity index is 734. The number of fused-ring (bicyclic) bond motifs is 2. The Hall–Kier alpha value is -1.82. The maximum Gasteiger partial charge on any atom is 0.191 e. The van der Waals surface area contributed by atoms with Crippen molar-refractivity contribution in [3.05, 3.63) is 23.9 Å². The molecule has 5 rings (SSSR count). The Morgan fingerprint density at radius 1 is 1.17 bits per heavy atom. The molecular weight excluding hydrogens is 362 g/mol. The van der Waals surface area contributed by atoms with Gasteiger partial charge in [0.1, 0.15) is 5.82 Å². The van der Waals surface area contributed by atoms with E-state index >= 15 is 0 Å². The number of anilines is 1. The number of hydrogen-bond acceptors (Lipinski definition) is 4. The number of pyridine rings is 1. The third-order valence-electron chi connectivity index (χ3n) is 7.86. The summed E-state index contributed by atoms with van der Waals surface area (Å²) in [6.45, 7) is 5.10. The molecule has 1 aromatic heterocycles. The Morgan fingerprint density at radius 2 is 1.97 bits per heavy atom. The molecule has 2 saturated heterocycles. The largest absolute Gasteiger partial charge is 0.377 e. The molecule has 0 bridgehead atoms. The van der Waals surface area contributed by atoms with E-state index in [0.29, 0.717) is 29.5 Å². The van der Waals surface area contributed by atoms with Gasteiger partial charge in [0.05, 0.1) is 6.10 Å². The van der Waals surface area contributed by atoms with Gasteiger partial charge in [0.2, 0.25) is 0 Å². The first-order valence-corrected chi connectivity index (χ1v) is 11.5. The van der Waals surface area contributed by atoms with Crippen molar-refractivity contribution < 1.29 is 4.74 Å². The number of hydrogen-bond donors (Lipinski definition) is 2.